The van der Waals surface area contributed by atoms with Crippen LogP contribution in [0.15, 0.2) is 39.4 Å². The van der Waals surface area contributed by atoms with Gasteiger partial charge in [-0.3, -0.25) is 19.8 Å². The van der Waals surface area contributed by atoms with Gasteiger partial charge in [-0.2, -0.15) is 4.57 Å². The number of hydrogen-bond donors (Lipinski definition) is 2. The molecule has 2 aliphatic rings. The monoisotopic (exact) mass is 480 g/mol. The Labute approximate surface area is 188 Å². The Bertz CT molecular complexity index is 1080. The van der Waals surface area contributed by atoms with E-state index in [1.54, 1.807) is 27.0 Å². The number of nitrogens with one attached hydrogen (secondary N) is 1. The number of carboxylic acid groups (broad SMARTS) is 1. The van der Waals surface area contributed by atoms with E-state index in [0.29, 0.717) is 5.75 Å². The summed E-state index contributed by atoms with van der Waals surface area (Å²) in [5.41, 5.74) is 7.42. The molecule has 0 saturated carbocycles. The van der Waals surface area contributed by atoms with Gasteiger partial charge >= 0.3 is 0 Å². The standard InChI is InChI=1S/C17H16N6O5S3/c1-28-21-11(8-6-31-17(18)19-8)13(24)20-12(22-3-5-29-7-22)10-14(25)23-9(16(26)27)2-4-30-15(10)23/h2-3,5-7,10,12,15H,4H2,1H3,(H3-,18,19,20,24,26,27)/t10-,12?,15-/m0/s1. The minimum Gasteiger partial charge on any atom is -0.543 e. The van der Waals surface area contributed by atoms with Crippen molar-refractivity contribution < 1.29 is 28.9 Å². The predicted molar refractivity (Wildman–Crippen MR) is 111 cm³/mol. The molecule has 0 spiro atoms. The molecule has 3 N–H and O–H groups in total. The summed E-state index contributed by atoms with van der Waals surface area (Å²) in [4.78, 5) is 47.5. The molecule has 1 saturated heterocycles. The molecule has 2 aliphatic heterocycles. The van der Waals surface area contributed by atoms with E-state index in [9.17, 15) is 19.5 Å². The first-order valence-electron chi connectivity index (χ1n) is 8.85. The minimum absolute atomic E-state index is 0.0912. The predicted octanol–water partition coefficient (Wildman–Crippen LogP) is -1.10. The first-order valence-corrected chi connectivity index (χ1v) is 11.7. The van der Waals surface area contributed by atoms with Gasteiger partial charge in [0, 0.05) is 11.1 Å². The number of aromatic nitrogens is 2. The number of rotatable bonds is 7. The summed E-state index contributed by atoms with van der Waals surface area (Å²) in [5, 5.41) is 21.2. The summed E-state index contributed by atoms with van der Waals surface area (Å²) in [6, 6.07) is 0. The van der Waals surface area contributed by atoms with Crippen LogP contribution in [0.5, 0.6) is 0 Å². The van der Waals surface area contributed by atoms with Gasteiger partial charge in [-0.05, 0) is 6.08 Å². The van der Waals surface area contributed by atoms with Gasteiger partial charge in [0.15, 0.2) is 23.0 Å². The van der Waals surface area contributed by atoms with Crippen LogP contribution in [0.1, 0.15) is 11.9 Å². The number of oxime groups is 1. The van der Waals surface area contributed by atoms with E-state index in [4.69, 9.17) is 10.6 Å². The number of nitrogens with two attached hydrogens (primary N) is 1. The number of nitrogen functional groups attached to an aromatic ring is 1. The van der Waals surface area contributed by atoms with Crippen LogP contribution in [0.3, 0.4) is 0 Å². The van der Waals surface area contributed by atoms with Crippen LogP contribution in [0.2, 0.25) is 0 Å². The molecule has 4 heterocycles. The maximum Gasteiger partial charge on any atom is 0.280 e. The minimum atomic E-state index is -1.41. The Morgan fingerprint density at radius 3 is 2.94 bits per heavy atom. The fraction of sp³-hybridized carbons (Fsp3) is 0.294. The highest BCUT2D eigenvalue weighted by Gasteiger charge is 2.58. The first-order chi connectivity index (χ1) is 14.9. The smallest absolute Gasteiger partial charge is 0.280 e. The number of carbonyl (C=O) groups excluding carboxylic acids is 3. The van der Waals surface area contributed by atoms with Crippen LogP contribution >= 0.6 is 34.4 Å². The van der Waals surface area contributed by atoms with Gasteiger partial charge in [0.05, 0.1) is 17.0 Å². The van der Waals surface area contributed by atoms with Crippen molar-refractivity contribution in [2.75, 3.05) is 18.6 Å². The number of nitrogens with zero attached hydrogens (tertiary/aromatic N) is 4. The maximum atomic E-state index is 13.1. The van der Waals surface area contributed by atoms with E-state index in [2.05, 4.69) is 15.5 Å². The molecule has 1 unspecified atom stereocenters. The van der Waals surface area contributed by atoms with Crippen molar-refractivity contribution >= 4 is 63.1 Å². The fourth-order valence-corrected chi connectivity index (χ4v) is 5.83. The highest BCUT2D eigenvalue weighted by atomic mass is 32.2. The van der Waals surface area contributed by atoms with Crippen LogP contribution in [-0.2, 0) is 19.2 Å². The summed E-state index contributed by atoms with van der Waals surface area (Å²) in [6.45, 7) is 0. The van der Waals surface area contributed by atoms with Gasteiger partial charge in [-0.25, -0.2) is 4.98 Å². The Kier molecular flexibility index (Phi) is 5.93. The maximum absolute atomic E-state index is 13.1. The van der Waals surface area contributed by atoms with Crippen LogP contribution < -0.4 is 20.7 Å². The van der Waals surface area contributed by atoms with E-state index in [-0.39, 0.29) is 22.2 Å². The summed E-state index contributed by atoms with van der Waals surface area (Å²) in [6.07, 6.45) is 2.40. The number of aliphatic carboxylic acids is 1. The third kappa shape index (κ3) is 3.88. The molecule has 162 valence electrons. The van der Waals surface area contributed by atoms with Crippen molar-refractivity contribution in [1.29, 1.82) is 0 Å². The number of thioether (sulfide) groups is 1. The number of β-lactam (4-membered cyclic amide) rings is 1. The normalized spacial score (nSPS) is 21.6. The number of thiazole rings is 2. The van der Waals surface area contributed by atoms with Gasteiger partial charge in [-0.1, -0.05) is 16.5 Å². The molecule has 2 aromatic heterocycles. The quantitative estimate of drug-likeness (QED) is 0.219. The fourth-order valence-electron chi connectivity index (χ4n) is 3.37. The van der Waals surface area contributed by atoms with Gasteiger partial charge in [0.2, 0.25) is 17.6 Å². The number of carbonyl (C=O) groups is 3. The summed E-state index contributed by atoms with van der Waals surface area (Å²) in [5.74, 6) is -2.71. The van der Waals surface area contributed by atoms with E-state index in [1.807, 2.05) is 0 Å². The van der Waals surface area contributed by atoms with Crippen molar-refractivity contribution in [2.24, 2.45) is 11.1 Å². The van der Waals surface area contributed by atoms with Crippen molar-refractivity contribution in [1.82, 2.24) is 15.2 Å². The first kappa shape index (κ1) is 21.3. The number of hydrogen-bond acceptors (Lipinski definition) is 11. The Hall–Kier alpha value is -2.97. The average molecular weight is 481 g/mol. The Balaban J connectivity index is 1.62. The number of anilines is 1. The largest absolute Gasteiger partial charge is 0.543 e. The van der Waals surface area contributed by atoms with E-state index < -0.39 is 35.2 Å². The van der Waals surface area contributed by atoms with Crippen LogP contribution in [0.25, 0.3) is 0 Å². The molecular formula is C17H16N6O5S3. The number of amides is 2. The van der Waals surface area contributed by atoms with E-state index in [0.717, 1.165) is 11.3 Å². The molecule has 2 aromatic rings. The topological polar surface area (TPSA) is 154 Å². The third-order valence-electron chi connectivity index (χ3n) is 4.69. The zero-order valence-corrected chi connectivity index (χ0v) is 18.4. The zero-order chi connectivity index (χ0) is 22.1. The molecule has 31 heavy (non-hydrogen) atoms. The Morgan fingerprint density at radius 2 is 2.32 bits per heavy atom. The SMILES string of the molecule is CON=C(C(=O)NC([C@H]1C(=O)N2C(C(=O)[O-])=CCS[C@@H]12)[n+]1ccsc1)c1csc(N)n1. The third-order valence-corrected chi connectivity index (χ3v) is 7.22. The summed E-state index contributed by atoms with van der Waals surface area (Å²) < 4.78 is 1.69. The summed E-state index contributed by atoms with van der Waals surface area (Å²) in [7, 11) is 1.30. The number of carboxylic acids is 1. The van der Waals surface area contributed by atoms with Crippen molar-refractivity contribution in [2.45, 2.75) is 11.5 Å². The second-order valence-corrected chi connectivity index (χ2v) is 9.21. The van der Waals surface area contributed by atoms with E-state index >= 15 is 0 Å². The van der Waals surface area contributed by atoms with Crippen LogP contribution in [0.4, 0.5) is 5.13 Å². The molecule has 0 aliphatic carbocycles. The molecular weight excluding hydrogens is 464 g/mol. The highest BCUT2D eigenvalue weighted by molar-refractivity contribution is 8.00. The lowest BCUT2D eigenvalue weighted by Crippen LogP contribution is -2.69. The van der Waals surface area contributed by atoms with Crippen molar-refractivity contribution in [3.8, 4) is 0 Å². The van der Waals surface area contributed by atoms with Crippen molar-refractivity contribution in [3.63, 3.8) is 0 Å². The molecule has 4 rings (SSSR count). The zero-order valence-electron chi connectivity index (χ0n) is 16.0. The van der Waals surface area contributed by atoms with Crippen LogP contribution in [0, 0.1) is 5.92 Å². The molecule has 14 heteroatoms. The van der Waals surface area contributed by atoms with Gasteiger partial charge in [0.1, 0.15) is 18.2 Å². The lowest BCUT2D eigenvalue weighted by atomic mass is 9.92. The lowest BCUT2D eigenvalue weighted by Gasteiger charge is -2.50. The molecule has 0 radical (unpaired) electrons. The van der Waals surface area contributed by atoms with Crippen LogP contribution in [-0.4, -0.2) is 51.6 Å². The lowest BCUT2D eigenvalue weighted by molar-refractivity contribution is -0.728. The highest BCUT2D eigenvalue weighted by Crippen LogP contribution is 2.44. The second kappa shape index (κ2) is 8.64. The van der Waals surface area contributed by atoms with E-state index in [1.165, 1.54) is 41.2 Å². The molecule has 2 amide bonds. The molecule has 0 aromatic carbocycles. The summed E-state index contributed by atoms with van der Waals surface area (Å²) >= 11 is 3.94. The van der Waals surface area contributed by atoms with Gasteiger partial charge < -0.3 is 20.5 Å². The molecule has 0 bridgehead atoms. The van der Waals surface area contributed by atoms with Crippen molar-refractivity contribution in [3.05, 3.63) is 39.9 Å². The van der Waals surface area contributed by atoms with Gasteiger partial charge in [0.25, 0.3) is 5.91 Å². The molecule has 3 atom stereocenters. The Morgan fingerprint density at radius 1 is 1.52 bits per heavy atom. The molecule has 1 fully saturated rings. The van der Waals surface area contributed by atoms with Gasteiger partial charge in [-0.15, -0.1) is 23.1 Å². The second-order valence-electron chi connectivity index (χ2n) is 6.42. The number of fused-ring (bicyclic) bond motifs is 1. The molecule has 11 nitrogen and oxygen atoms in total. The average Bonchev–Trinajstić information content (AvgIpc) is 3.42.